The van der Waals surface area contributed by atoms with Crippen molar-refractivity contribution in [1.29, 1.82) is 0 Å². The molecule has 0 aliphatic carbocycles. The van der Waals surface area contributed by atoms with Gasteiger partial charge in [0.2, 0.25) is 0 Å². The predicted octanol–water partition coefficient (Wildman–Crippen LogP) is 4.80. The van der Waals surface area contributed by atoms with E-state index in [0.29, 0.717) is 17.9 Å². The van der Waals surface area contributed by atoms with E-state index in [9.17, 15) is 19.6 Å². The summed E-state index contributed by atoms with van der Waals surface area (Å²) in [6, 6.07) is 5.15. The van der Waals surface area contributed by atoms with Crippen molar-refractivity contribution in [2.45, 2.75) is 58.1 Å². The fourth-order valence-corrected chi connectivity index (χ4v) is 4.11. The molecule has 0 saturated heterocycles. The first kappa shape index (κ1) is 26.3. The minimum atomic E-state index is -1.14. The number of urea groups is 1. The molecule has 3 amide bonds. The number of aryl methyl sites for hydroxylation is 1. The van der Waals surface area contributed by atoms with Crippen LogP contribution >= 0.6 is 11.6 Å². The number of azide groups is 1. The highest BCUT2D eigenvalue weighted by molar-refractivity contribution is 6.31. The Morgan fingerprint density at radius 3 is 2.70 bits per heavy atom. The van der Waals surface area contributed by atoms with E-state index in [-0.39, 0.29) is 25.4 Å². The SMILES string of the molecule is CC(C)C1=CN(CCC(=O)N=O)C(=O)N[C@@]1(C)c1ccc(CCC(C)(O)CN=[N+]=[N-])c(Cl)c1. The van der Waals surface area contributed by atoms with Gasteiger partial charge in [0, 0.05) is 27.9 Å². The Morgan fingerprint density at radius 1 is 1.42 bits per heavy atom. The minimum absolute atomic E-state index is 0.0309. The number of aliphatic hydroxyl groups is 1. The molecule has 178 valence electrons. The molecule has 0 radical (unpaired) electrons. The van der Waals surface area contributed by atoms with Crippen molar-refractivity contribution in [3.8, 4) is 0 Å². The summed E-state index contributed by atoms with van der Waals surface area (Å²) in [5, 5.41) is 19.6. The van der Waals surface area contributed by atoms with Crippen LogP contribution in [-0.4, -0.2) is 40.6 Å². The van der Waals surface area contributed by atoms with Gasteiger partial charge in [-0.1, -0.05) is 42.7 Å². The number of amides is 3. The third-order valence-electron chi connectivity index (χ3n) is 5.82. The smallest absolute Gasteiger partial charge is 0.322 e. The average molecular weight is 477 g/mol. The number of carbonyl (C=O) groups is 2. The lowest BCUT2D eigenvalue weighted by Gasteiger charge is -2.42. The Bertz CT molecular complexity index is 1000. The molecular formula is C22H29ClN6O4. The van der Waals surface area contributed by atoms with E-state index in [0.717, 1.165) is 16.7 Å². The van der Waals surface area contributed by atoms with Crippen molar-refractivity contribution < 1.29 is 14.7 Å². The molecule has 33 heavy (non-hydrogen) atoms. The number of benzene rings is 1. The first-order valence-electron chi connectivity index (χ1n) is 10.6. The summed E-state index contributed by atoms with van der Waals surface area (Å²) in [5.41, 5.74) is 9.01. The van der Waals surface area contributed by atoms with Crippen molar-refractivity contribution in [3.63, 3.8) is 0 Å². The van der Waals surface area contributed by atoms with Crippen LogP contribution in [0.1, 0.15) is 51.7 Å². The molecule has 0 aromatic heterocycles. The molecule has 0 bridgehead atoms. The Kier molecular flexibility index (Phi) is 8.60. The maximum absolute atomic E-state index is 12.8. The second-order valence-corrected chi connectivity index (χ2v) is 9.32. The summed E-state index contributed by atoms with van der Waals surface area (Å²) >= 11 is 6.55. The normalized spacial score (nSPS) is 19.9. The van der Waals surface area contributed by atoms with Gasteiger partial charge in [-0.3, -0.25) is 4.79 Å². The van der Waals surface area contributed by atoms with Crippen LogP contribution in [0.2, 0.25) is 5.02 Å². The highest BCUT2D eigenvalue weighted by Gasteiger charge is 2.40. The summed E-state index contributed by atoms with van der Waals surface area (Å²) in [4.78, 5) is 38.4. The van der Waals surface area contributed by atoms with E-state index in [1.54, 1.807) is 19.2 Å². The molecule has 11 heteroatoms. The molecule has 1 aliphatic heterocycles. The minimum Gasteiger partial charge on any atom is -0.390 e. The van der Waals surface area contributed by atoms with E-state index in [2.05, 4.69) is 20.5 Å². The van der Waals surface area contributed by atoms with Crippen molar-refractivity contribution in [3.05, 3.63) is 61.5 Å². The average Bonchev–Trinajstić information content (AvgIpc) is 2.75. The predicted molar refractivity (Wildman–Crippen MR) is 125 cm³/mol. The molecule has 0 spiro atoms. The maximum Gasteiger partial charge on any atom is 0.322 e. The number of halogens is 1. The largest absolute Gasteiger partial charge is 0.390 e. The maximum atomic E-state index is 12.8. The van der Waals surface area contributed by atoms with Gasteiger partial charge in [-0.05, 0) is 60.9 Å². The molecule has 1 aromatic rings. The molecular weight excluding hydrogens is 448 g/mol. The van der Waals surface area contributed by atoms with Gasteiger partial charge in [-0.15, -0.1) is 4.91 Å². The topological polar surface area (TPSA) is 148 Å². The van der Waals surface area contributed by atoms with Crippen LogP contribution in [0.15, 0.2) is 40.3 Å². The van der Waals surface area contributed by atoms with Gasteiger partial charge >= 0.3 is 6.03 Å². The molecule has 0 fully saturated rings. The van der Waals surface area contributed by atoms with Crippen LogP contribution in [-0.2, 0) is 16.8 Å². The van der Waals surface area contributed by atoms with Gasteiger partial charge in [0.25, 0.3) is 5.91 Å². The van der Waals surface area contributed by atoms with Crippen molar-refractivity contribution >= 4 is 23.5 Å². The highest BCUT2D eigenvalue weighted by atomic mass is 35.5. The second kappa shape index (κ2) is 10.8. The monoisotopic (exact) mass is 476 g/mol. The number of nitroso groups, excluding NO2 is 1. The fourth-order valence-electron chi connectivity index (χ4n) is 3.83. The van der Waals surface area contributed by atoms with Gasteiger partial charge in [0.1, 0.15) is 0 Å². The van der Waals surface area contributed by atoms with Crippen LogP contribution in [0.25, 0.3) is 10.4 Å². The van der Waals surface area contributed by atoms with Crippen molar-refractivity contribution in [2.24, 2.45) is 16.2 Å². The molecule has 1 aromatic carbocycles. The summed E-state index contributed by atoms with van der Waals surface area (Å²) in [6.07, 6.45) is 2.41. The summed E-state index contributed by atoms with van der Waals surface area (Å²) < 4.78 is 0. The van der Waals surface area contributed by atoms with Crippen LogP contribution in [0.4, 0.5) is 4.79 Å². The van der Waals surface area contributed by atoms with E-state index < -0.39 is 23.1 Å². The van der Waals surface area contributed by atoms with Crippen molar-refractivity contribution in [2.75, 3.05) is 13.1 Å². The molecule has 10 nitrogen and oxygen atoms in total. The number of nitrogens with one attached hydrogen (secondary N) is 1. The van der Waals surface area contributed by atoms with Gasteiger partial charge in [-0.2, -0.15) is 0 Å². The number of nitrogens with zero attached hydrogens (tertiary/aromatic N) is 5. The van der Waals surface area contributed by atoms with Gasteiger partial charge in [-0.25, -0.2) is 4.79 Å². The number of carbonyl (C=O) groups excluding carboxylic acids is 2. The van der Waals surface area contributed by atoms with Gasteiger partial charge in [0.05, 0.1) is 24.1 Å². The molecule has 2 rings (SSSR count). The zero-order valence-corrected chi connectivity index (χ0v) is 20.0. The number of rotatable bonds is 10. The standard InChI is InChI=1S/C22H29ClN6O4/c1-14(2)17-12-29(10-8-19(30)27-33)20(31)26-22(17,4)16-6-5-15(18(23)11-16)7-9-21(3,32)13-25-28-24/h5-6,11-12,14,32H,7-10,13H2,1-4H3,(H,26,31)/t21?,22-/m0/s1. The molecule has 1 unspecified atom stereocenters. The van der Waals surface area contributed by atoms with Gasteiger partial charge in [0.15, 0.2) is 0 Å². The fraction of sp³-hybridized carbons (Fsp3) is 0.545. The Balaban J connectivity index is 2.29. The van der Waals surface area contributed by atoms with E-state index in [1.165, 1.54) is 4.90 Å². The molecule has 2 N–H and O–H groups in total. The second-order valence-electron chi connectivity index (χ2n) is 8.91. The summed E-state index contributed by atoms with van der Waals surface area (Å²) in [6.45, 7) is 7.52. The zero-order valence-electron chi connectivity index (χ0n) is 19.2. The molecule has 0 saturated carbocycles. The number of hydrogen-bond acceptors (Lipinski definition) is 5. The van der Waals surface area contributed by atoms with Crippen LogP contribution in [0, 0.1) is 10.8 Å². The zero-order chi connectivity index (χ0) is 24.8. The third kappa shape index (κ3) is 6.54. The highest BCUT2D eigenvalue weighted by Crippen LogP contribution is 2.38. The molecule has 1 heterocycles. The van der Waals surface area contributed by atoms with E-state index in [1.807, 2.05) is 32.9 Å². The Labute approximate surface area is 197 Å². The first-order valence-corrected chi connectivity index (χ1v) is 11.0. The van der Waals surface area contributed by atoms with Crippen molar-refractivity contribution in [1.82, 2.24) is 10.2 Å². The molecule has 1 aliphatic rings. The summed E-state index contributed by atoms with van der Waals surface area (Å²) in [5.74, 6) is -0.747. The lowest BCUT2D eigenvalue weighted by molar-refractivity contribution is -0.118. The number of hydrogen-bond donors (Lipinski definition) is 2. The first-order chi connectivity index (χ1) is 15.4. The van der Waals surface area contributed by atoms with Crippen LogP contribution < -0.4 is 5.32 Å². The lowest BCUT2D eigenvalue weighted by atomic mass is 9.78. The summed E-state index contributed by atoms with van der Waals surface area (Å²) in [7, 11) is 0. The van der Waals surface area contributed by atoms with Gasteiger partial charge < -0.3 is 15.3 Å². The van der Waals surface area contributed by atoms with E-state index >= 15 is 0 Å². The lowest BCUT2D eigenvalue weighted by Crippen LogP contribution is -2.54. The Morgan fingerprint density at radius 2 is 2.12 bits per heavy atom. The third-order valence-corrected chi connectivity index (χ3v) is 6.17. The quantitative estimate of drug-likeness (QED) is 0.216. The van der Waals surface area contributed by atoms with E-state index in [4.69, 9.17) is 17.1 Å². The Hall–Kier alpha value is -2.94. The van der Waals surface area contributed by atoms with Crippen LogP contribution in [0.3, 0.4) is 0 Å². The van der Waals surface area contributed by atoms with Crippen LogP contribution in [0.5, 0.6) is 0 Å². The molecule has 2 atom stereocenters.